The van der Waals surface area contributed by atoms with Crippen molar-refractivity contribution in [2.75, 3.05) is 0 Å². The summed E-state index contributed by atoms with van der Waals surface area (Å²) in [7, 11) is 0. The van der Waals surface area contributed by atoms with Crippen molar-refractivity contribution in [3.63, 3.8) is 0 Å². The third kappa shape index (κ3) is 4.59. The first-order chi connectivity index (χ1) is 21.2. The summed E-state index contributed by atoms with van der Waals surface area (Å²) < 4.78 is 2.77. The molecule has 0 radical (unpaired) electrons. The van der Waals surface area contributed by atoms with E-state index < -0.39 is 0 Å². The highest BCUT2D eigenvalue weighted by molar-refractivity contribution is 7.24. The van der Waals surface area contributed by atoms with Gasteiger partial charge in [0.25, 0.3) is 0 Å². The lowest BCUT2D eigenvalue weighted by Gasteiger charge is -2.11. The van der Waals surface area contributed by atoms with Crippen molar-refractivity contribution in [1.29, 1.82) is 0 Å². The van der Waals surface area contributed by atoms with Crippen LogP contribution in [-0.4, -0.2) is 0 Å². The normalized spacial score (nSPS) is 11.9. The maximum absolute atomic E-state index is 2.40. The summed E-state index contributed by atoms with van der Waals surface area (Å²) >= 11 is 7.62. The van der Waals surface area contributed by atoms with Crippen LogP contribution in [0, 0.1) is 41.5 Å². The Kier molecular flexibility index (Phi) is 6.69. The molecule has 0 aliphatic carbocycles. The van der Waals surface area contributed by atoms with E-state index in [4.69, 9.17) is 0 Å². The molecule has 0 atom stereocenters. The van der Waals surface area contributed by atoms with Crippen molar-refractivity contribution in [1.82, 2.24) is 0 Å². The van der Waals surface area contributed by atoms with Crippen molar-refractivity contribution in [3.05, 3.63) is 117 Å². The van der Waals surface area contributed by atoms with Gasteiger partial charge in [-0.3, -0.25) is 0 Å². The molecular formula is C40H32S4. The smallest absolute Gasteiger partial charge is 0.0428 e. The van der Waals surface area contributed by atoms with E-state index in [-0.39, 0.29) is 0 Å². The van der Waals surface area contributed by atoms with E-state index in [1.54, 1.807) is 0 Å². The molecule has 4 aromatic carbocycles. The van der Waals surface area contributed by atoms with Gasteiger partial charge in [-0.2, -0.15) is 0 Å². The molecule has 8 aromatic rings. The molecule has 8 rings (SSSR count). The lowest BCUT2D eigenvalue weighted by atomic mass is 9.97. The van der Waals surface area contributed by atoms with Gasteiger partial charge in [0, 0.05) is 49.4 Å². The quantitative estimate of drug-likeness (QED) is 0.180. The number of hydrogen-bond acceptors (Lipinski definition) is 4. The maximum atomic E-state index is 2.40. The molecule has 4 aromatic heterocycles. The molecule has 0 bridgehead atoms. The second-order valence-electron chi connectivity index (χ2n) is 12.1. The first-order valence-corrected chi connectivity index (χ1v) is 18.3. The number of aryl methyl sites for hydroxylation is 6. The predicted octanol–water partition coefficient (Wildman–Crippen LogP) is 13.9. The highest BCUT2D eigenvalue weighted by Crippen LogP contribution is 2.46. The molecule has 0 amide bonds. The fourth-order valence-electron chi connectivity index (χ4n) is 6.82. The number of rotatable bonds is 4. The van der Waals surface area contributed by atoms with Gasteiger partial charge in [-0.1, -0.05) is 24.3 Å². The number of thiophene rings is 4. The van der Waals surface area contributed by atoms with Crippen molar-refractivity contribution in [2.45, 2.75) is 41.5 Å². The van der Waals surface area contributed by atoms with Crippen molar-refractivity contribution < 1.29 is 0 Å². The molecule has 0 aliphatic heterocycles. The standard InChI is InChI=1S/C40H32S4/c1-21-15-29(33-13-7-25(5)41-33)16-22(2)37(21)35-19-27-9-11-32-31(39(27)43-35)12-10-28-20-36(44-40(28)32)38-23(3)17-30(18-24(38)4)34-14-8-26(6)42-34/h7-20H,1-6H3. The molecule has 0 nitrogen and oxygen atoms in total. The van der Waals surface area contributed by atoms with E-state index in [9.17, 15) is 0 Å². The topological polar surface area (TPSA) is 0 Å². The number of fused-ring (bicyclic) bond motifs is 5. The molecule has 0 N–H and O–H groups in total. The third-order valence-corrected chi connectivity index (χ3v) is 13.3. The summed E-state index contributed by atoms with van der Waals surface area (Å²) in [6.45, 7) is 13.4. The van der Waals surface area contributed by atoms with E-state index in [1.807, 2.05) is 45.3 Å². The third-order valence-electron chi connectivity index (χ3n) is 8.77. The van der Waals surface area contributed by atoms with Crippen LogP contribution >= 0.6 is 45.3 Å². The number of benzene rings is 4. The average Bonchev–Trinajstić information content (AvgIpc) is 3.78. The second-order valence-corrected chi connectivity index (χ2v) is 16.8. The molecule has 0 spiro atoms. The van der Waals surface area contributed by atoms with Gasteiger partial charge < -0.3 is 0 Å². The summed E-state index contributed by atoms with van der Waals surface area (Å²) in [6.07, 6.45) is 0. The Bertz CT molecular complexity index is 2190. The zero-order chi connectivity index (χ0) is 30.3. The zero-order valence-electron chi connectivity index (χ0n) is 25.7. The lowest BCUT2D eigenvalue weighted by molar-refractivity contribution is 1.39. The van der Waals surface area contributed by atoms with E-state index in [1.165, 1.54) is 105 Å². The second kappa shape index (κ2) is 10.5. The molecule has 0 saturated carbocycles. The Hall–Kier alpha value is -3.54. The van der Waals surface area contributed by atoms with Gasteiger partial charge in [-0.15, -0.1) is 45.3 Å². The molecule has 0 fully saturated rings. The first kappa shape index (κ1) is 28.0. The minimum atomic E-state index is 1.33. The minimum absolute atomic E-state index is 1.33. The summed E-state index contributed by atoms with van der Waals surface area (Å²) in [6, 6.07) is 32.6. The summed E-state index contributed by atoms with van der Waals surface area (Å²) in [5, 5.41) is 5.38. The van der Waals surface area contributed by atoms with E-state index in [0.717, 1.165) is 0 Å². The van der Waals surface area contributed by atoms with E-state index in [0.29, 0.717) is 0 Å². The highest BCUT2D eigenvalue weighted by atomic mass is 32.1. The van der Waals surface area contributed by atoms with Gasteiger partial charge in [-0.05, 0) is 157 Å². The van der Waals surface area contributed by atoms with Crippen LogP contribution in [0.15, 0.2) is 84.9 Å². The summed E-state index contributed by atoms with van der Waals surface area (Å²) in [5.41, 5.74) is 10.8. The van der Waals surface area contributed by atoms with Crippen LogP contribution in [-0.2, 0) is 0 Å². The van der Waals surface area contributed by atoms with Crippen molar-refractivity contribution in [3.8, 4) is 41.8 Å². The van der Waals surface area contributed by atoms with Crippen LogP contribution in [0.2, 0.25) is 0 Å². The van der Waals surface area contributed by atoms with Crippen LogP contribution in [0.4, 0.5) is 0 Å². The average molecular weight is 641 g/mol. The van der Waals surface area contributed by atoms with Crippen LogP contribution in [0.5, 0.6) is 0 Å². The molecule has 4 heteroatoms. The lowest BCUT2D eigenvalue weighted by Crippen LogP contribution is -1.87. The predicted molar refractivity (Wildman–Crippen MR) is 201 cm³/mol. The van der Waals surface area contributed by atoms with Gasteiger partial charge in [0.15, 0.2) is 0 Å². The van der Waals surface area contributed by atoms with Crippen molar-refractivity contribution >= 4 is 76.3 Å². The molecule has 0 aliphatic rings. The van der Waals surface area contributed by atoms with Crippen LogP contribution in [0.1, 0.15) is 32.0 Å². The minimum Gasteiger partial charge on any atom is -0.141 e. The van der Waals surface area contributed by atoms with Gasteiger partial charge in [0.05, 0.1) is 0 Å². The van der Waals surface area contributed by atoms with Crippen LogP contribution in [0.3, 0.4) is 0 Å². The number of hydrogen-bond donors (Lipinski definition) is 0. The molecule has 4 heterocycles. The van der Waals surface area contributed by atoms with Gasteiger partial charge in [0.1, 0.15) is 0 Å². The van der Waals surface area contributed by atoms with E-state index >= 15 is 0 Å². The zero-order valence-corrected chi connectivity index (χ0v) is 29.0. The van der Waals surface area contributed by atoms with E-state index in [2.05, 4.69) is 126 Å². The Morgan fingerprint density at radius 2 is 0.750 bits per heavy atom. The summed E-state index contributed by atoms with van der Waals surface area (Å²) in [5.74, 6) is 0. The Balaban J connectivity index is 1.22. The monoisotopic (exact) mass is 640 g/mol. The Labute approximate surface area is 274 Å². The first-order valence-electron chi connectivity index (χ1n) is 15.0. The maximum Gasteiger partial charge on any atom is 0.0428 e. The van der Waals surface area contributed by atoms with Gasteiger partial charge in [0.2, 0.25) is 0 Å². The van der Waals surface area contributed by atoms with Gasteiger partial charge >= 0.3 is 0 Å². The van der Waals surface area contributed by atoms with Gasteiger partial charge in [-0.25, -0.2) is 0 Å². The largest absolute Gasteiger partial charge is 0.141 e. The fraction of sp³-hybridized carbons (Fsp3) is 0.150. The van der Waals surface area contributed by atoms with Crippen molar-refractivity contribution in [2.24, 2.45) is 0 Å². The molecule has 0 saturated heterocycles. The van der Waals surface area contributed by atoms with Crippen LogP contribution < -0.4 is 0 Å². The SMILES string of the molecule is Cc1ccc(-c2cc(C)c(-c3cc4ccc5c(ccc6cc(-c7c(C)cc(-c8ccc(C)s8)cc7C)sc65)c4s3)c(C)c2)s1. The highest BCUT2D eigenvalue weighted by Gasteiger charge is 2.17. The van der Waals surface area contributed by atoms with Crippen LogP contribution in [0.25, 0.3) is 72.7 Å². The Morgan fingerprint density at radius 1 is 0.364 bits per heavy atom. The fourth-order valence-corrected chi connectivity index (χ4v) is 11.2. The Morgan fingerprint density at radius 3 is 1.09 bits per heavy atom. The molecular weight excluding hydrogens is 609 g/mol. The molecule has 44 heavy (non-hydrogen) atoms. The summed E-state index contributed by atoms with van der Waals surface area (Å²) in [4.78, 5) is 8.12. The molecule has 216 valence electrons. The molecule has 0 unspecified atom stereocenters.